The molecule has 136 valence electrons. The van der Waals surface area contributed by atoms with Crippen molar-refractivity contribution in [3.63, 3.8) is 0 Å². The lowest BCUT2D eigenvalue weighted by Gasteiger charge is -2.13. The van der Waals surface area contributed by atoms with Crippen LogP contribution < -0.4 is 10.8 Å². The molecule has 26 heavy (non-hydrogen) atoms. The standard InChI is InChI=1S/C17H20BN3O5/c1-2-15-20-17(26-21-15)11-3-5-13(8-11)19-16(23)10-4-6-14(18(24)25)12(7-10)9-22/h4,6-7,9,11,13,24-25H,2-3,5,8H2,1H3,(H,19,23). The minimum Gasteiger partial charge on any atom is -0.423 e. The maximum absolute atomic E-state index is 12.4. The molecular formula is C17H20BN3O5. The highest BCUT2D eigenvalue weighted by Gasteiger charge is 2.31. The van der Waals surface area contributed by atoms with E-state index >= 15 is 0 Å². The molecule has 2 unspecified atom stereocenters. The molecule has 0 radical (unpaired) electrons. The van der Waals surface area contributed by atoms with Crippen LogP contribution in [0.5, 0.6) is 0 Å². The lowest BCUT2D eigenvalue weighted by atomic mass is 9.77. The molecule has 1 saturated carbocycles. The highest BCUT2D eigenvalue weighted by atomic mass is 16.5. The predicted molar refractivity (Wildman–Crippen MR) is 93.2 cm³/mol. The van der Waals surface area contributed by atoms with Gasteiger partial charge in [-0.2, -0.15) is 4.98 Å². The van der Waals surface area contributed by atoms with Gasteiger partial charge in [0, 0.05) is 29.5 Å². The van der Waals surface area contributed by atoms with Crippen molar-refractivity contribution in [2.75, 3.05) is 0 Å². The summed E-state index contributed by atoms with van der Waals surface area (Å²) in [6, 6.07) is 4.17. The molecule has 1 aliphatic carbocycles. The van der Waals surface area contributed by atoms with Gasteiger partial charge in [0.05, 0.1) is 0 Å². The zero-order chi connectivity index (χ0) is 18.7. The van der Waals surface area contributed by atoms with E-state index in [1.807, 2.05) is 6.92 Å². The Morgan fingerprint density at radius 3 is 2.88 bits per heavy atom. The third kappa shape index (κ3) is 3.84. The molecule has 2 aromatic rings. The molecule has 1 aromatic carbocycles. The van der Waals surface area contributed by atoms with Gasteiger partial charge in [0.15, 0.2) is 5.82 Å². The number of aryl methyl sites for hydroxylation is 1. The first-order chi connectivity index (χ1) is 12.5. The molecule has 0 spiro atoms. The van der Waals surface area contributed by atoms with Crippen molar-refractivity contribution >= 4 is 24.8 Å². The third-order valence-electron chi connectivity index (χ3n) is 4.67. The number of hydrogen-bond donors (Lipinski definition) is 3. The van der Waals surface area contributed by atoms with E-state index in [1.54, 1.807) is 0 Å². The molecule has 1 heterocycles. The molecule has 9 heteroatoms. The molecule has 1 fully saturated rings. The quantitative estimate of drug-likeness (QED) is 0.498. The van der Waals surface area contributed by atoms with Crippen LogP contribution >= 0.6 is 0 Å². The molecular weight excluding hydrogens is 337 g/mol. The summed E-state index contributed by atoms with van der Waals surface area (Å²) in [4.78, 5) is 27.9. The number of hydrogen-bond acceptors (Lipinski definition) is 7. The summed E-state index contributed by atoms with van der Waals surface area (Å²) in [6.45, 7) is 1.96. The highest BCUT2D eigenvalue weighted by molar-refractivity contribution is 6.60. The van der Waals surface area contributed by atoms with Crippen molar-refractivity contribution in [1.82, 2.24) is 15.5 Å². The summed E-state index contributed by atoms with van der Waals surface area (Å²) in [6.07, 6.45) is 3.58. The van der Waals surface area contributed by atoms with Crippen molar-refractivity contribution in [3.8, 4) is 0 Å². The van der Waals surface area contributed by atoms with E-state index in [1.165, 1.54) is 18.2 Å². The fourth-order valence-corrected chi connectivity index (χ4v) is 3.24. The number of rotatable bonds is 6. The minimum absolute atomic E-state index is 0.0210. The van der Waals surface area contributed by atoms with Crippen molar-refractivity contribution in [3.05, 3.63) is 41.0 Å². The molecule has 8 nitrogen and oxygen atoms in total. The average molecular weight is 357 g/mol. The van der Waals surface area contributed by atoms with Crippen LogP contribution in [0.25, 0.3) is 0 Å². The smallest absolute Gasteiger partial charge is 0.423 e. The van der Waals surface area contributed by atoms with Gasteiger partial charge < -0.3 is 19.9 Å². The number of aldehydes is 1. The third-order valence-corrected chi connectivity index (χ3v) is 4.67. The van der Waals surface area contributed by atoms with E-state index in [4.69, 9.17) is 4.52 Å². The van der Waals surface area contributed by atoms with Gasteiger partial charge in [-0.1, -0.05) is 18.1 Å². The zero-order valence-electron chi connectivity index (χ0n) is 14.4. The number of nitrogens with zero attached hydrogens (tertiary/aromatic N) is 2. The van der Waals surface area contributed by atoms with Gasteiger partial charge in [-0.15, -0.1) is 0 Å². The van der Waals surface area contributed by atoms with Crippen LogP contribution in [0.3, 0.4) is 0 Å². The number of carbonyl (C=O) groups excluding carboxylic acids is 2. The molecule has 3 N–H and O–H groups in total. The van der Waals surface area contributed by atoms with Gasteiger partial charge in [-0.3, -0.25) is 9.59 Å². The van der Waals surface area contributed by atoms with E-state index in [0.29, 0.717) is 36.4 Å². The van der Waals surface area contributed by atoms with Crippen LogP contribution in [0, 0.1) is 0 Å². The SMILES string of the molecule is CCc1noc(C2CCC(NC(=O)c3ccc(B(O)O)c(C=O)c3)C2)n1. The maximum Gasteiger partial charge on any atom is 0.489 e. The summed E-state index contributed by atoms with van der Waals surface area (Å²) < 4.78 is 5.28. The van der Waals surface area contributed by atoms with Crippen LogP contribution in [0.4, 0.5) is 0 Å². The van der Waals surface area contributed by atoms with Crippen molar-refractivity contribution in [2.45, 2.75) is 44.6 Å². The fourth-order valence-electron chi connectivity index (χ4n) is 3.24. The summed E-state index contributed by atoms with van der Waals surface area (Å²) in [5, 5.41) is 25.3. The predicted octanol–water partition coefficient (Wildman–Crippen LogP) is 0.190. The van der Waals surface area contributed by atoms with Gasteiger partial charge in [-0.25, -0.2) is 0 Å². The minimum atomic E-state index is -1.76. The van der Waals surface area contributed by atoms with Crippen LogP contribution in [-0.2, 0) is 6.42 Å². The Hall–Kier alpha value is -2.52. The summed E-state index contributed by atoms with van der Waals surface area (Å²) in [7, 11) is -1.76. The molecule has 0 bridgehead atoms. The Morgan fingerprint density at radius 1 is 1.42 bits per heavy atom. The van der Waals surface area contributed by atoms with Crippen molar-refractivity contribution in [2.24, 2.45) is 0 Å². The first-order valence-corrected chi connectivity index (χ1v) is 8.60. The number of aromatic nitrogens is 2. The number of benzene rings is 1. The number of amides is 1. The van der Waals surface area contributed by atoms with Crippen LogP contribution in [0.15, 0.2) is 22.7 Å². The first kappa shape index (κ1) is 18.3. The zero-order valence-corrected chi connectivity index (χ0v) is 14.4. The number of nitrogens with one attached hydrogen (secondary N) is 1. The van der Waals surface area contributed by atoms with E-state index in [0.717, 1.165) is 12.8 Å². The van der Waals surface area contributed by atoms with E-state index < -0.39 is 7.12 Å². The van der Waals surface area contributed by atoms with Gasteiger partial charge >= 0.3 is 7.12 Å². The monoisotopic (exact) mass is 357 g/mol. The molecule has 1 aliphatic rings. The van der Waals surface area contributed by atoms with Crippen molar-refractivity contribution in [1.29, 1.82) is 0 Å². The second-order valence-corrected chi connectivity index (χ2v) is 6.42. The van der Waals surface area contributed by atoms with E-state index in [-0.39, 0.29) is 28.9 Å². The molecule has 3 rings (SSSR count). The topological polar surface area (TPSA) is 126 Å². The second-order valence-electron chi connectivity index (χ2n) is 6.42. The lowest BCUT2D eigenvalue weighted by molar-refractivity contribution is 0.0937. The van der Waals surface area contributed by atoms with Crippen LogP contribution in [0.1, 0.15) is 64.5 Å². The van der Waals surface area contributed by atoms with Gasteiger partial charge in [0.2, 0.25) is 5.89 Å². The fraction of sp³-hybridized carbons (Fsp3) is 0.412. The Kier molecular flexibility index (Phi) is 5.48. The summed E-state index contributed by atoms with van der Waals surface area (Å²) in [5.41, 5.74) is 0.446. The van der Waals surface area contributed by atoms with Crippen LogP contribution in [0.2, 0.25) is 0 Å². The normalized spacial score (nSPS) is 19.3. The maximum atomic E-state index is 12.4. The molecule has 1 amide bonds. The van der Waals surface area contributed by atoms with Crippen molar-refractivity contribution < 1.29 is 24.2 Å². The van der Waals surface area contributed by atoms with Gasteiger partial charge in [-0.05, 0) is 36.9 Å². The second kappa shape index (κ2) is 7.80. The van der Waals surface area contributed by atoms with Gasteiger partial charge in [0.1, 0.15) is 6.29 Å². The van der Waals surface area contributed by atoms with E-state index in [2.05, 4.69) is 15.5 Å². The summed E-state index contributed by atoms with van der Waals surface area (Å²) >= 11 is 0. The largest absolute Gasteiger partial charge is 0.489 e. The first-order valence-electron chi connectivity index (χ1n) is 8.60. The molecule has 2 atom stereocenters. The number of carbonyl (C=O) groups is 2. The highest BCUT2D eigenvalue weighted by Crippen LogP contribution is 2.33. The van der Waals surface area contributed by atoms with E-state index in [9.17, 15) is 19.6 Å². The average Bonchev–Trinajstić information content (AvgIpc) is 3.29. The summed E-state index contributed by atoms with van der Waals surface area (Å²) in [5.74, 6) is 1.12. The Balaban J connectivity index is 1.64. The molecule has 1 aromatic heterocycles. The van der Waals surface area contributed by atoms with Crippen LogP contribution in [-0.4, -0.2) is 45.5 Å². The Bertz CT molecular complexity index is 807. The Labute approximate surface area is 150 Å². The lowest BCUT2D eigenvalue weighted by Crippen LogP contribution is -2.35. The van der Waals surface area contributed by atoms with Gasteiger partial charge in [0.25, 0.3) is 5.91 Å². The molecule has 0 saturated heterocycles. The molecule has 0 aliphatic heterocycles. The Morgan fingerprint density at radius 2 is 2.23 bits per heavy atom.